The summed E-state index contributed by atoms with van der Waals surface area (Å²) < 4.78 is 5.75. The summed E-state index contributed by atoms with van der Waals surface area (Å²) >= 11 is 0. The van der Waals surface area contributed by atoms with Crippen LogP contribution in [0.4, 0.5) is 0 Å². The fourth-order valence-corrected chi connectivity index (χ4v) is 2.58. The molecule has 0 bridgehead atoms. The highest BCUT2D eigenvalue weighted by Crippen LogP contribution is 2.20. The number of hydrogen-bond acceptors (Lipinski definition) is 4. The van der Waals surface area contributed by atoms with Crippen molar-refractivity contribution in [2.75, 3.05) is 33.4 Å². The molecule has 1 saturated heterocycles. The minimum Gasteiger partial charge on any atom is -0.395 e. The summed E-state index contributed by atoms with van der Waals surface area (Å²) in [5.41, 5.74) is 0. The lowest BCUT2D eigenvalue weighted by atomic mass is 10.1. The van der Waals surface area contributed by atoms with E-state index in [4.69, 9.17) is 4.74 Å². The molecular formula is C14H28N2O2. The minimum absolute atomic E-state index is 0.254. The number of nitrogens with zero attached hydrogens (tertiary/aromatic N) is 1. The van der Waals surface area contributed by atoms with E-state index in [0.29, 0.717) is 12.1 Å². The van der Waals surface area contributed by atoms with Gasteiger partial charge in [-0.25, -0.2) is 0 Å². The van der Waals surface area contributed by atoms with Crippen molar-refractivity contribution in [3.63, 3.8) is 0 Å². The van der Waals surface area contributed by atoms with Crippen LogP contribution in [0.5, 0.6) is 0 Å². The van der Waals surface area contributed by atoms with Gasteiger partial charge in [0.05, 0.1) is 12.7 Å². The maximum Gasteiger partial charge on any atom is 0.0701 e. The van der Waals surface area contributed by atoms with Gasteiger partial charge in [0.15, 0.2) is 0 Å². The van der Waals surface area contributed by atoms with Crippen LogP contribution in [-0.2, 0) is 4.74 Å². The van der Waals surface area contributed by atoms with Crippen molar-refractivity contribution in [3.8, 4) is 0 Å². The summed E-state index contributed by atoms with van der Waals surface area (Å²) in [5.74, 6) is 0. The number of aliphatic hydroxyl groups is 1. The highest BCUT2D eigenvalue weighted by molar-refractivity contribution is 4.85. The molecule has 4 nitrogen and oxygen atoms in total. The van der Waals surface area contributed by atoms with Gasteiger partial charge >= 0.3 is 0 Å². The molecule has 1 aliphatic heterocycles. The summed E-state index contributed by atoms with van der Waals surface area (Å²) in [6.07, 6.45) is 7.74. The minimum atomic E-state index is 0.254. The summed E-state index contributed by atoms with van der Waals surface area (Å²) in [6, 6.07) is 0.946. The Balaban J connectivity index is 1.58. The van der Waals surface area contributed by atoms with Gasteiger partial charge in [0.25, 0.3) is 0 Å². The third-order valence-corrected chi connectivity index (χ3v) is 3.92. The van der Waals surface area contributed by atoms with Crippen LogP contribution in [0.3, 0.4) is 0 Å². The van der Waals surface area contributed by atoms with Crippen LogP contribution < -0.4 is 5.32 Å². The fraction of sp³-hybridized carbons (Fsp3) is 1.00. The zero-order chi connectivity index (χ0) is 12.8. The van der Waals surface area contributed by atoms with Crippen molar-refractivity contribution in [1.82, 2.24) is 10.2 Å². The van der Waals surface area contributed by atoms with Gasteiger partial charge in [-0.15, -0.1) is 0 Å². The summed E-state index contributed by atoms with van der Waals surface area (Å²) in [5, 5.41) is 12.8. The highest BCUT2D eigenvalue weighted by atomic mass is 16.5. The van der Waals surface area contributed by atoms with Gasteiger partial charge in [0, 0.05) is 25.2 Å². The third-order valence-electron chi connectivity index (χ3n) is 3.92. The van der Waals surface area contributed by atoms with E-state index in [1.807, 2.05) is 0 Å². The second kappa shape index (κ2) is 7.43. The molecule has 2 aliphatic rings. The summed E-state index contributed by atoms with van der Waals surface area (Å²) in [7, 11) is 2.16. The van der Waals surface area contributed by atoms with Crippen LogP contribution in [0.15, 0.2) is 0 Å². The van der Waals surface area contributed by atoms with Gasteiger partial charge in [-0.2, -0.15) is 0 Å². The molecule has 0 spiro atoms. The van der Waals surface area contributed by atoms with Gasteiger partial charge in [-0.05, 0) is 52.1 Å². The number of ether oxygens (including phenoxy) is 1. The van der Waals surface area contributed by atoms with E-state index in [1.165, 1.54) is 32.1 Å². The molecular weight excluding hydrogens is 228 g/mol. The third kappa shape index (κ3) is 5.22. The summed E-state index contributed by atoms with van der Waals surface area (Å²) in [4.78, 5) is 2.34. The van der Waals surface area contributed by atoms with Gasteiger partial charge in [-0.1, -0.05) is 0 Å². The van der Waals surface area contributed by atoms with Gasteiger partial charge in [0.1, 0.15) is 0 Å². The first kappa shape index (κ1) is 14.3. The highest BCUT2D eigenvalue weighted by Gasteiger charge is 2.24. The van der Waals surface area contributed by atoms with Crippen molar-refractivity contribution >= 4 is 0 Å². The molecule has 2 rings (SSSR count). The van der Waals surface area contributed by atoms with Crippen molar-refractivity contribution in [1.29, 1.82) is 0 Å². The SMILES string of the molecule is CN(CCC(CO)NC1CC1)CC1CCCCO1. The van der Waals surface area contributed by atoms with Crippen LogP contribution in [0.2, 0.25) is 0 Å². The number of hydrogen-bond donors (Lipinski definition) is 2. The van der Waals surface area contributed by atoms with Crippen LogP contribution in [0.1, 0.15) is 38.5 Å². The first-order valence-electron chi connectivity index (χ1n) is 7.45. The predicted octanol–water partition coefficient (Wildman–Crippen LogP) is 0.990. The van der Waals surface area contributed by atoms with Crippen LogP contribution in [0, 0.1) is 0 Å². The Morgan fingerprint density at radius 1 is 1.33 bits per heavy atom. The number of likely N-dealkylation sites (N-methyl/N-ethyl adjacent to an activating group) is 1. The average molecular weight is 256 g/mol. The molecule has 2 atom stereocenters. The lowest BCUT2D eigenvalue weighted by Gasteiger charge is -2.28. The molecule has 1 saturated carbocycles. The smallest absolute Gasteiger partial charge is 0.0701 e. The van der Waals surface area contributed by atoms with E-state index in [0.717, 1.165) is 26.1 Å². The monoisotopic (exact) mass is 256 g/mol. The molecule has 1 aliphatic carbocycles. The quantitative estimate of drug-likeness (QED) is 0.680. The molecule has 0 aromatic heterocycles. The first-order chi connectivity index (χ1) is 8.78. The first-order valence-corrected chi connectivity index (χ1v) is 7.45. The van der Waals surface area contributed by atoms with Gasteiger partial charge in [0.2, 0.25) is 0 Å². The van der Waals surface area contributed by atoms with E-state index in [1.54, 1.807) is 0 Å². The standard InChI is InChI=1S/C14H28N2O2/c1-16(10-14-4-2-3-9-18-14)8-7-13(11-17)15-12-5-6-12/h12-15,17H,2-11H2,1H3. The number of nitrogens with one attached hydrogen (secondary N) is 1. The van der Waals surface area contributed by atoms with E-state index in [-0.39, 0.29) is 12.6 Å². The molecule has 18 heavy (non-hydrogen) atoms. The second-order valence-corrected chi connectivity index (χ2v) is 5.86. The largest absolute Gasteiger partial charge is 0.395 e. The maximum absolute atomic E-state index is 9.33. The van der Waals surface area contributed by atoms with E-state index < -0.39 is 0 Å². The summed E-state index contributed by atoms with van der Waals surface area (Å²) in [6.45, 7) is 3.25. The van der Waals surface area contributed by atoms with E-state index in [2.05, 4.69) is 17.3 Å². The zero-order valence-corrected chi connectivity index (χ0v) is 11.6. The predicted molar refractivity (Wildman–Crippen MR) is 72.7 cm³/mol. The molecule has 0 radical (unpaired) electrons. The lowest BCUT2D eigenvalue weighted by molar-refractivity contribution is -0.00208. The van der Waals surface area contributed by atoms with E-state index >= 15 is 0 Å². The van der Waals surface area contributed by atoms with Crippen molar-refractivity contribution in [2.45, 2.75) is 56.7 Å². The molecule has 0 aromatic carbocycles. The average Bonchev–Trinajstić information content (AvgIpc) is 3.19. The van der Waals surface area contributed by atoms with Crippen LogP contribution in [0.25, 0.3) is 0 Å². The molecule has 2 fully saturated rings. The van der Waals surface area contributed by atoms with Gasteiger partial charge < -0.3 is 20.1 Å². The van der Waals surface area contributed by atoms with Crippen LogP contribution in [-0.4, -0.2) is 61.5 Å². The Bertz CT molecular complexity index is 228. The van der Waals surface area contributed by atoms with Crippen molar-refractivity contribution < 1.29 is 9.84 Å². The molecule has 0 aromatic rings. The Kier molecular flexibility index (Phi) is 5.89. The molecule has 1 heterocycles. The Hall–Kier alpha value is -0.160. The lowest BCUT2D eigenvalue weighted by Crippen LogP contribution is -2.39. The molecule has 2 unspecified atom stereocenters. The Labute approximate surface area is 111 Å². The molecule has 4 heteroatoms. The van der Waals surface area contributed by atoms with E-state index in [9.17, 15) is 5.11 Å². The number of aliphatic hydroxyl groups excluding tert-OH is 1. The second-order valence-electron chi connectivity index (χ2n) is 5.86. The molecule has 106 valence electrons. The van der Waals surface area contributed by atoms with Gasteiger partial charge in [-0.3, -0.25) is 0 Å². The normalized spacial score (nSPS) is 26.5. The maximum atomic E-state index is 9.33. The number of rotatable bonds is 8. The zero-order valence-electron chi connectivity index (χ0n) is 11.6. The molecule has 0 amide bonds. The van der Waals surface area contributed by atoms with Crippen LogP contribution >= 0.6 is 0 Å². The topological polar surface area (TPSA) is 44.7 Å². The Morgan fingerprint density at radius 3 is 2.78 bits per heavy atom. The Morgan fingerprint density at radius 2 is 2.17 bits per heavy atom. The van der Waals surface area contributed by atoms with Crippen molar-refractivity contribution in [2.24, 2.45) is 0 Å². The van der Waals surface area contributed by atoms with Crippen molar-refractivity contribution in [3.05, 3.63) is 0 Å². The molecule has 2 N–H and O–H groups in total. The fourth-order valence-electron chi connectivity index (χ4n) is 2.58.